The number of pyridine rings is 1. The van der Waals surface area contributed by atoms with Crippen molar-refractivity contribution in [3.63, 3.8) is 0 Å². The van der Waals surface area contributed by atoms with Gasteiger partial charge in [0.25, 0.3) is 12.3 Å². The van der Waals surface area contributed by atoms with Crippen molar-refractivity contribution in [3.8, 4) is 11.8 Å². The molecule has 18 nitrogen and oxygen atoms in total. The van der Waals surface area contributed by atoms with Gasteiger partial charge < -0.3 is 50.9 Å². The zero-order valence-electron chi connectivity index (χ0n) is 44.8. The number of alkyl halides is 8. The molecule has 3 fully saturated rings. The van der Waals surface area contributed by atoms with Crippen molar-refractivity contribution in [1.82, 2.24) is 41.6 Å². The minimum atomic E-state index is -5.11. The molecular weight excluding hydrogens is 1070 g/mol. The Morgan fingerprint density at radius 2 is 1.32 bits per heavy atom. The summed E-state index contributed by atoms with van der Waals surface area (Å²) < 4.78 is 127. The van der Waals surface area contributed by atoms with Crippen molar-refractivity contribution in [2.45, 2.75) is 115 Å². The van der Waals surface area contributed by atoms with E-state index in [1.165, 1.54) is 30.3 Å². The molecule has 2 bridgehead atoms. The van der Waals surface area contributed by atoms with Gasteiger partial charge in [-0.15, -0.1) is 0 Å². The summed E-state index contributed by atoms with van der Waals surface area (Å²) in [6, 6.07) is 11.0. The maximum Gasteiger partial charge on any atom is 0.407 e. The molecule has 3 saturated heterocycles. The predicted octanol–water partition coefficient (Wildman–Crippen LogP) is 5.82. The highest BCUT2D eigenvalue weighted by Gasteiger charge is 2.57. The number of hydrazine groups is 1. The molecule has 3 aliphatic rings. The largest absolute Gasteiger partial charge is 0.453 e. The summed E-state index contributed by atoms with van der Waals surface area (Å²) in [5.74, 6) is 4.11. The molecular formula is C54H66F8N10O8. The first kappa shape index (κ1) is 62.1. The van der Waals surface area contributed by atoms with Gasteiger partial charge in [-0.3, -0.25) is 19.9 Å². The zero-order chi connectivity index (χ0) is 58.7. The number of halogens is 8. The summed E-state index contributed by atoms with van der Waals surface area (Å²) >= 11 is 0. The van der Waals surface area contributed by atoms with E-state index in [0.29, 0.717) is 68.1 Å². The second-order valence-corrected chi connectivity index (χ2v) is 20.8. The third kappa shape index (κ3) is 15.8. The molecule has 26 heteroatoms. The van der Waals surface area contributed by atoms with Crippen LogP contribution in [0.15, 0.2) is 79.1 Å². The van der Waals surface area contributed by atoms with Gasteiger partial charge in [-0.25, -0.2) is 28.4 Å². The number of nitrogens with zero attached hydrogens (tertiary/aromatic N) is 4. The Balaban J connectivity index is 1.27. The van der Waals surface area contributed by atoms with Crippen LogP contribution in [0, 0.1) is 28.1 Å². The number of rotatable bonds is 22. The molecule has 6 atom stereocenters. The molecule has 3 aliphatic heterocycles. The standard InChI is InChI=1S/C54H66F8N10O8/c1-51(2,53(57,58)59)45(67-49(76)78-5)47(74)66-41(23-33-10-7-32(8-11-33)9-12-34-15-20-44(65-24-34)70-27-37-18-19-38(28-70)72(37)39-30-80-31-39)42(73)29-71(69-48(75)46(68-50(77)79-6)52(3,4)54(60,61)62)26-35-13-16-36(17-14-35)40(63)21-22-64-25-43(55)56/h7-8,10-11,13-17,20-22,24,37-39,41-43,45-46,63-64,73H,18-19,23,25-31H2,1-6H3,(H,66,74)(H,67,76)(H,68,77)(H,69,75)/b22-21-,63-40?/t37?,38?,41-,42-,45+,46+/m0/s1. The van der Waals surface area contributed by atoms with Crippen LogP contribution in [0.25, 0.3) is 0 Å². The summed E-state index contributed by atoms with van der Waals surface area (Å²) in [4.78, 5) is 62.5. The number of allylic oxidation sites excluding steroid dienone is 1. The van der Waals surface area contributed by atoms with Crippen LogP contribution in [0.5, 0.6) is 0 Å². The number of aromatic nitrogens is 1. The van der Waals surface area contributed by atoms with Gasteiger partial charge in [0.1, 0.15) is 17.9 Å². The molecule has 7 N–H and O–H groups in total. The Kier molecular flexibility index (Phi) is 20.5. The maximum atomic E-state index is 14.6. The summed E-state index contributed by atoms with van der Waals surface area (Å²) in [5.41, 5.74) is -1.62. The molecule has 3 aromatic rings. The van der Waals surface area contributed by atoms with E-state index in [0.717, 1.165) is 70.4 Å². The number of nitrogens with one attached hydrogen (secondary N) is 6. The molecule has 2 aromatic carbocycles. The molecule has 80 heavy (non-hydrogen) atoms. The highest BCUT2D eigenvalue weighted by Crippen LogP contribution is 2.42. The molecule has 6 rings (SSSR count). The number of piperazine rings is 1. The quantitative estimate of drug-likeness (QED) is 0.0273. The second-order valence-electron chi connectivity index (χ2n) is 20.8. The number of hydrogen-bond donors (Lipinski definition) is 7. The van der Waals surface area contributed by atoms with Gasteiger partial charge in [0.15, 0.2) is 0 Å². The average molecular weight is 1140 g/mol. The summed E-state index contributed by atoms with van der Waals surface area (Å²) in [6.07, 6.45) is -11.6. The summed E-state index contributed by atoms with van der Waals surface area (Å²) in [6.45, 7) is 3.99. The van der Waals surface area contributed by atoms with Crippen molar-refractivity contribution in [1.29, 1.82) is 5.41 Å². The van der Waals surface area contributed by atoms with Crippen LogP contribution in [-0.2, 0) is 36.8 Å². The first-order chi connectivity index (χ1) is 37.6. The van der Waals surface area contributed by atoms with E-state index in [4.69, 9.17) is 15.1 Å². The van der Waals surface area contributed by atoms with Gasteiger partial charge in [-0.1, -0.05) is 48.2 Å². The fraction of sp³-hybridized carbons (Fsp3) is 0.519. The molecule has 1 aromatic heterocycles. The molecule has 2 unspecified atom stereocenters. The monoisotopic (exact) mass is 1130 g/mol. The zero-order valence-corrected chi connectivity index (χ0v) is 44.8. The molecule has 0 spiro atoms. The lowest BCUT2D eigenvalue weighted by atomic mass is 9.82. The van der Waals surface area contributed by atoms with Crippen molar-refractivity contribution < 1.29 is 73.6 Å². The van der Waals surface area contributed by atoms with Crippen molar-refractivity contribution >= 4 is 35.5 Å². The second kappa shape index (κ2) is 26.5. The SMILES string of the molecule is COC(=O)N[C@H](C(=O)N[C@@H](Cc1ccc(C#Cc2ccc(N3CC4CCC(C3)N4C3COC3)nc2)cc1)[C@@H](O)CN(Cc1ccc(C(=N)/C=C\NCC(F)F)cc1)NC(=O)[C@@H](NC(=O)OC)C(C)(C)C(F)(F)F)C(C)(C)C(F)(F)F. The lowest BCUT2D eigenvalue weighted by molar-refractivity contribution is -0.221. The van der Waals surface area contributed by atoms with E-state index in [-0.39, 0.29) is 17.7 Å². The number of hydrogen-bond acceptors (Lipinski definition) is 14. The Hall–Kier alpha value is -7.08. The topological polar surface area (TPSA) is 223 Å². The Bertz CT molecular complexity index is 2700. The Morgan fingerprint density at radius 1 is 0.787 bits per heavy atom. The van der Waals surface area contributed by atoms with Gasteiger partial charge in [0.2, 0.25) is 5.91 Å². The number of carbonyl (C=O) groups is 4. The minimum Gasteiger partial charge on any atom is -0.453 e. The van der Waals surface area contributed by atoms with Crippen LogP contribution in [0.2, 0.25) is 0 Å². The number of carbonyl (C=O) groups excluding carboxylic acids is 4. The summed E-state index contributed by atoms with van der Waals surface area (Å²) in [5, 5.41) is 30.0. The van der Waals surface area contributed by atoms with Crippen LogP contribution < -0.4 is 31.6 Å². The lowest BCUT2D eigenvalue weighted by Gasteiger charge is -2.47. The molecule has 4 heterocycles. The van der Waals surface area contributed by atoms with E-state index in [2.05, 4.69) is 47.2 Å². The maximum absolute atomic E-state index is 14.6. The Morgan fingerprint density at radius 3 is 1.82 bits per heavy atom. The van der Waals surface area contributed by atoms with Gasteiger partial charge in [-0.05, 0) is 100 Å². The number of ether oxygens (including phenoxy) is 3. The third-order valence-electron chi connectivity index (χ3n) is 14.5. The van der Waals surface area contributed by atoms with Gasteiger partial charge >= 0.3 is 24.5 Å². The third-order valence-corrected chi connectivity index (χ3v) is 14.5. The van der Waals surface area contributed by atoms with Crippen LogP contribution >= 0.6 is 0 Å². The van der Waals surface area contributed by atoms with E-state index in [9.17, 15) is 59.4 Å². The minimum absolute atomic E-state index is 0.119. The molecule has 0 radical (unpaired) electrons. The Labute approximate surface area is 457 Å². The normalized spacial score (nSPS) is 18.5. The van der Waals surface area contributed by atoms with E-state index < -0.39 is 97.5 Å². The highest BCUT2D eigenvalue weighted by atomic mass is 19.4. The number of anilines is 1. The fourth-order valence-corrected chi connectivity index (χ4v) is 9.39. The summed E-state index contributed by atoms with van der Waals surface area (Å²) in [7, 11) is 1.73. The lowest BCUT2D eigenvalue weighted by Crippen LogP contribution is -2.63. The molecule has 0 saturated carbocycles. The van der Waals surface area contributed by atoms with Crippen LogP contribution in [-0.4, -0.2) is 164 Å². The molecule has 436 valence electrons. The van der Waals surface area contributed by atoms with Crippen molar-refractivity contribution in [2.75, 3.05) is 58.5 Å². The number of aliphatic hydroxyl groups is 1. The van der Waals surface area contributed by atoms with Crippen LogP contribution in [0.4, 0.5) is 50.5 Å². The fourth-order valence-electron chi connectivity index (χ4n) is 9.39. The van der Waals surface area contributed by atoms with Crippen LogP contribution in [0.3, 0.4) is 0 Å². The molecule has 4 amide bonds. The first-order valence-corrected chi connectivity index (χ1v) is 25.5. The molecule has 0 aliphatic carbocycles. The average Bonchev–Trinajstić information content (AvgIpc) is 3.70. The number of benzene rings is 2. The van der Waals surface area contributed by atoms with E-state index in [1.807, 2.05) is 22.8 Å². The predicted molar refractivity (Wildman–Crippen MR) is 277 cm³/mol. The van der Waals surface area contributed by atoms with Gasteiger partial charge in [0, 0.05) is 55.6 Å². The van der Waals surface area contributed by atoms with Gasteiger partial charge in [0.05, 0.1) is 68.7 Å². The number of methoxy groups -OCH3 is 2. The van der Waals surface area contributed by atoms with Gasteiger partial charge in [-0.2, -0.15) is 26.3 Å². The van der Waals surface area contributed by atoms with E-state index >= 15 is 0 Å². The smallest absolute Gasteiger partial charge is 0.407 e. The number of amides is 4. The van der Waals surface area contributed by atoms with E-state index in [1.54, 1.807) is 30.5 Å². The number of aliphatic hydroxyl groups excluding tert-OH is 1. The number of fused-ring (bicyclic) bond motifs is 2. The number of alkyl carbamates (subject to hydrolysis) is 2. The van der Waals surface area contributed by atoms with Crippen molar-refractivity contribution in [2.24, 2.45) is 10.8 Å². The van der Waals surface area contributed by atoms with Crippen molar-refractivity contribution in [3.05, 3.63) is 107 Å². The van der Waals surface area contributed by atoms with Crippen LogP contribution in [0.1, 0.15) is 68.4 Å². The highest BCUT2D eigenvalue weighted by molar-refractivity contribution is 6.06. The first-order valence-electron chi connectivity index (χ1n) is 25.5.